The molecule has 0 saturated carbocycles. The van der Waals surface area contributed by atoms with Crippen LogP contribution in [0.15, 0.2) is 0 Å². The smallest absolute Gasteiger partial charge is 0.469 e. The first-order chi connectivity index (χ1) is 17.4. The van der Waals surface area contributed by atoms with Crippen molar-refractivity contribution in [3.05, 3.63) is 0 Å². The highest BCUT2D eigenvalue weighted by atomic mass is 32.2. The summed E-state index contributed by atoms with van der Waals surface area (Å²) < 4.78 is 53.1. The van der Waals surface area contributed by atoms with E-state index in [1.165, 1.54) is 0 Å². The summed E-state index contributed by atoms with van der Waals surface area (Å²) >= 11 is 0. The molecule has 0 aliphatic carbocycles. The third-order valence-electron chi connectivity index (χ3n) is 5.69. The first-order valence-electron chi connectivity index (χ1n) is 14.6. The Labute approximate surface area is 244 Å². The summed E-state index contributed by atoms with van der Waals surface area (Å²) in [6.07, 6.45) is 6.31. The molecule has 0 fully saturated rings. The van der Waals surface area contributed by atoms with Crippen LogP contribution in [0.5, 0.6) is 0 Å². The molecule has 1 N–H and O–H groups in total. The van der Waals surface area contributed by atoms with Crippen LogP contribution in [0.2, 0.25) is 65.0 Å². The van der Waals surface area contributed by atoms with E-state index >= 15 is 0 Å². The molecule has 0 aliphatic rings. The molecule has 0 rings (SSSR count). The molecule has 0 unspecified atom stereocenters. The van der Waals surface area contributed by atoms with E-state index in [4.69, 9.17) is 12.3 Å². The fraction of sp³-hybridized carbons (Fsp3) is 0.960. The largest absolute Gasteiger partial charge is 0.748 e. The van der Waals surface area contributed by atoms with Gasteiger partial charge in [-0.25, -0.2) is 8.42 Å². The maximum atomic E-state index is 12.4. The molecule has 0 bridgehead atoms. The molecule has 0 radical (unpaired) electrons. The lowest BCUT2D eigenvalue weighted by Crippen LogP contribution is -2.60. The predicted molar refractivity (Wildman–Crippen MR) is 170 cm³/mol. The second-order valence-corrected chi connectivity index (χ2v) is 32.8. The third kappa shape index (κ3) is 24.4. The van der Waals surface area contributed by atoms with Gasteiger partial charge in [-0.05, 0) is 104 Å². The fourth-order valence-electron chi connectivity index (χ4n) is 4.35. The van der Waals surface area contributed by atoms with Gasteiger partial charge < -0.3 is 26.7 Å². The second-order valence-electron chi connectivity index (χ2n) is 14.3. The number of nitrogens with zero attached hydrogens (tertiary/aromatic N) is 1. The molecule has 0 heterocycles. The van der Waals surface area contributed by atoms with Crippen LogP contribution < -0.4 is 5.32 Å². The van der Waals surface area contributed by atoms with Gasteiger partial charge in [0.25, 0.3) is 0 Å². The van der Waals surface area contributed by atoms with Gasteiger partial charge in [-0.2, -0.15) is 0 Å². The molecule has 1 amide bonds. The lowest BCUT2D eigenvalue weighted by atomic mass is 10.1. The maximum Gasteiger partial charge on any atom is 0.469 e. The average molecular weight is 645 g/mol. The quantitative estimate of drug-likeness (QED) is 0.0733. The van der Waals surface area contributed by atoms with Gasteiger partial charge in [0.15, 0.2) is 25.0 Å². The van der Waals surface area contributed by atoms with Crippen molar-refractivity contribution >= 4 is 49.8 Å². The maximum absolute atomic E-state index is 12.4. The van der Waals surface area contributed by atoms with E-state index in [9.17, 15) is 17.8 Å². The molecule has 14 heteroatoms. The molecule has 0 aromatic heterocycles. The van der Waals surface area contributed by atoms with Gasteiger partial charge in [-0.3, -0.25) is 4.79 Å². The van der Waals surface area contributed by atoms with E-state index in [1.807, 2.05) is 0 Å². The van der Waals surface area contributed by atoms with E-state index in [0.717, 1.165) is 62.1 Å². The summed E-state index contributed by atoms with van der Waals surface area (Å²) in [5.41, 5.74) is 0. The highest BCUT2D eigenvalue weighted by Crippen LogP contribution is 2.29. The molecule has 234 valence electrons. The van der Waals surface area contributed by atoms with Crippen molar-refractivity contribution < 1.29 is 34.6 Å². The Balaban J connectivity index is 4.49. The van der Waals surface area contributed by atoms with Gasteiger partial charge in [0.2, 0.25) is 5.91 Å². The third-order valence-corrected chi connectivity index (χ3v) is 18.5. The zero-order chi connectivity index (χ0) is 30.6. The van der Waals surface area contributed by atoms with Gasteiger partial charge in [0.1, 0.15) is 0 Å². The standard InChI is InChI=1S/C25H60N2O7SSi4/c1-27(2,22-16-13-17-23-35(29,30)31)21-15-12-14-19-25(28)26-20-18-24-39(32-36(3,4)5,33-37(6,7)8)34-38(9,10)11/h12-24H2,1-11H3,(H-,26,28,29,30,31). The van der Waals surface area contributed by atoms with Gasteiger partial charge in [0.05, 0.1) is 37.3 Å². The van der Waals surface area contributed by atoms with Crippen molar-refractivity contribution in [2.24, 2.45) is 0 Å². The zero-order valence-corrected chi connectivity index (χ0v) is 31.7. The second kappa shape index (κ2) is 16.7. The topological polar surface area (TPSA) is 114 Å². The number of nitrogens with one attached hydrogen (secondary N) is 1. The van der Waals surface area contributed by atoms with Crippen LogP contribution in [0.4, 0.5) is 0 Å². The summed E-state index contributed by atoms with van der Waals surface area (Å²) in [6.45, 7) is 22.2. The Morgan fingerprint density at radius 2 is 1.15 bits per heavy atom. The number of hydrogen-bond acceptors (Lipinski definition) is 7. The van der Waals surface area contributed by atoms with Crippen molar-refractivity contribution in [2.45, 2.75) is 116 Å². The Hall–Kier alpha value is 0.0875. The Bertz CT molecular complexity index is 783. The first-order valence-corrected chi connectivity index (χ1v) is 28.3. The van der Waals surface area contributed by atoms with Crippen LogP contribution in [0.1, 0.15) is 51.4 Å². The Morgan fingerprint density at radius 1 is 0.718 bits per heavy atom. The Kier molecular flexibility index (Phi) is 16.7. The molecule has 0 aliphatic heterocycles. The summed E-state index contributed by atoms with van der Waals surface area (Å²) in [5, 5.41) is 3.08. The molecular weight excluding hydrogens is 585 g/mol. The highest BCUT2D eigenvalue weighted by molar-refractivity contribution is 7.85. The molecule has 39 heavy (non-hydrogen) atoms. The predicted octanol–water partition coefficient (Wildman–Crippen LogP) is 5.34. The van der Waals surface area contributed by atoms with E-state index in [1.54, 1.807) is 0 Å². The van der Waals surface area contributed by atoms with Crippen LogP contribution in [0, 0.1) is 0 Å². The van der Waals surface area contributed by atoms with Crippen LogP contribution in [0.3, 0.4) is 0 Å². The number of unbranched alkanes of at least 4 members (excludes halogenated alkanes) is 4. The zero-order valence-electron chi connectivity index (χ0n) is 26.9. The summed E-state index contributed by atoms with van der Waals surface area (Å²) in [4.78, 5) is 12.4. The average Bonchev–Trinajstić information content (AvgIpc) is 2.65. The van der Waals surface area contributed by atoms with Crippen LogP contribution in [0.25, 0.3) is 0 Å². The number of hydrogen-bond donors (Lipinski definition) is 1. The Morgan fingerprint density at radius 3 is 1.56 bits per heavy atom. The SMILES string of the molecule is C[N+](C)(CCCCCC(=O)NCCC[Si](O[Si](C)(C)C)(O[Si](C)(C)C)O[Si](C)(C)C)CCCCCS(=O)(=O)[O-]. The van der Waals surface area contributed by atoms with Gasteiger partial charge in [-0.1, -0.05) is 0 Å². The number of carbonyl (C=O) groups is 1. The number of quaternary nitrogens is 1. The monoisotopic (exact) mass is 644 g/mol. The van der Waals surface area contributed by atoms with E-state index < -0.39 is 43.9 Å². The van der Waals surface area contributed by atoms with Crippen LogP contribution in [-0.2, 0) is 27.3 Å². The van der Waals surface area contributed by atoms with Crippen molar-refractivity contribution in [2.75, 3.05) is 39.5 Å². The molecular formula is C25H60N2O7SSi4. The van der Waals surface area contributed by atoms with Gasteiger partial charge in [-0.15, -0.1) is 0 Å². The minimum atomic E-state index is -4.10. The van der Waals surface area contributed by atoms with Gasteiger partial charge in [0, 0.05) is 24.8 Å². The number of carbonyl (C=O) groups excluding carboxylic acids is 1. The van der Waals surface area contributed by atoms with E-state index in [2.05, 4.69) is 78.3 Å². The van der Waals surface area contributed by atoms with Gasteiger partial charge >= 0.3 is 8.80 Å². The molecule has 0 aromatic carbocycles. The summed E-state index contributed by atoms with van der Waals surface area (Å²) in [6, 6.07) is 0.728. The van der Waals surface area contributed by atoms with Crippen molar-refractivity contribution in [1.29, 1.82) is 0 Å². The normalized spacial score (nSPS) is 14.1. The van der Waals surface area contributed by atoms with E-state index in [-0.39, 0.29) is 11.7 Å². The minimum absolute atomic E-state index is 0.0905. The van der Waals surface area contributed by atoms with Crippen molar-refractivity contribution in [3.63, 3.8) is 0 Å². The summed E-state index contributed by atoms with van der Waals surface area (Å²) in [7, 11) is -8.31. The molecule has 9 nitrogen and oxygen atoms in total. The fourth-order valence-corrected chi connectivity index (χ4v) is 19.6. The minimum Gasteiger partial charge on any atom is -0.748 e. The number of amides is 1. The molecule has 0 spiro atoms. The molecule has 0 atom stereocenters. The summed E-state index contributed by atoms with van der Waals surface area (Å²) in [5.74, 6) is -0.177. The number of rotatable bonds is 22. The van der Waals surface area contributed by atoms with Crippen LogP contribution in [-0.4, -0.2) is 96.6 Å². The van der Waals surface area contributed by atoms with Crippen LogP contribution >= 0.6 is 0 Å². The lowest BCUT2D eigenvalue weighted by molar-refractivity contribution is -0.890. The van der Waals surface area contributed by atoms with Crippen molar-refractivity contribution in [1.82, 2.24) is 5.32 Å². The highest BCUT2D eigenvalue weighted by Gasteiger charge is 2.49. The van der Waals surface area contributed by atoms with E-state index in [0.29, 0.717) is 19.4 Å². The first kappa shape index (κ1) is 39.1. The molecule has 0 saturated heterocycles. The van der Waals surface area contributed by atoms with Crippen molar-refractivity contribution in [3.8, 4) is 0 Å². The molecule has 0 aromatic rings. The lowest BCUT2D eigenvalue weighted by Gasteiger charge is -2.43.